The summed E-state index contributed by atoms with van der Waals surface area (Å²) < 4.78 is 4.94. The van der Waals surface area contributed by atoms with Gasteiger partial charge >= 0.3 is 0 Å². The molecule has 2 N–H and O–H groups in total. The molecule has 0 saturated carbocycles. The van der Waals surface area contributed by atoms with Crippen LogP contribution in [0.4, 0.5) is 11.4 Å². The topological polar surface area (TPSA) is 93.5 Å². The third kappa shape index (κ3) is 3.67. The maximum absolute atomic E-state index is 12.1. The summed E-state index contributed by atoms with van der Waals surface area (Å²) in [6.45, 7) is 5.92. The Morgan fingerprint density at radius 2 is 2.10 bits per heavy atom. The number of nitrogens with one attached hydrogen (secondary N) is 2. The molecule has 0 atom stereocenters. The number of benzene rings is 1. The summed E-state index contributed by atoms with van der Waals surface area (Å²) in [6, 6.07) is 4.29. The third-order valence-electron chi connectivity index (χ3n) is 2.84. The average Bonchev–Trinajstić information content (AvgIpc) is 2.38. The van der Waals surface area contributed by atoms with Crippen molar-refractivity contribution in [1.29, 1.82) is 0 Å². The van der Waals surface area contributed by atoms with Gasteiger partial charge in [-0.2, -0.15) is 0 Å². The molecule has 1 rings (SSSR count). The molecule has 0 fully saturated rings. The quantitative estimate of drug-likeness (QED) is 0.614. The molecule has 7 heteroatoms. The molecule has 0 aliphatic carbocycles. The lowest BCUT2D eigenvalue weighted by Gasteiger charge is -2.24. The number of carbonyl (C=O) groups excluding carboxylic acids is 1. The molecule has 7 nitrogen and oxygen atoms in total. The molecule has 0 bridgehead atoms. The largest absolute Gasteiger partial charge is 0.496 e. The molecule has 0 saturated heterocycles. The fourth-order valence-corrected chi connectivity index (χ4v) is 1.70. The van der Waals surface area contributed by atoms with Gasteiger partial charge in [-0.15, -0.1) is 0 Å². The second kappa shape index (κ2) is 6.33. The van der Waals surface area contributed by atoms with E-state index in [0.717, 1.165) is 0 Å². The summed E-state index contributed by atoms with van der Waals surface area (Å²) in [4.78, 5) is 22.6. The SMILES string of the molecule is CCNC(C)(C)C(=O)Nc1ccc(OC)cc1[N+](=O)[O-]. The number of amides is 1. The summed E-state index contributed by atoms with van der Waals surface area (Å²) in [5.74, 6) is 0.0215. The molecule has 0 aliphatic heterocycles. The van der Waals surface area contributed by atoms with Gasteiger partial charge in [0.1, 0.15) is 11.4 Å². The van der Waals surface area contributed by atoms with Crippen molar-refractivity contribution in [2.75, 3.05) is 19.0 Å². The van der Waals surface area contributed by atoms with Crippen LogP contribution in [-0.2, 0) is 4.79 Å². The van der Waals surface area contributed by atoms with Crippen molar-refractivity contribution in [3.8, 4) is 5.75 Å². The number of nitrogens with zero attached hydrogens (tertiary/aromatic N) is 1. The van der Waals surface area contributed by atoms with E-state index in [4.69, 9.17) is 4.74 Å². The van der Waals surface area contributed by atoms with Gasteiger partial charge in [0.25, 0.3) is 5.69 Å². The predicted molar refractivity (Wildman–Crippen MR) is 76.0 cm³/mol. The van der Waals surface area contributed by atoms with Crippen LogP contribution in [0.1, 0.15) is 20.8 Å². The molecule has 0 aliphatic rings. The van der Waals surface area contributed by atoms with E-state index in [1.165, 1.54) is 19.2 Å². The Bertz CT molecular complexity index is 514. The Morgan fingerprint density at radius 1 is 1.45 bits per heavy atom. The summed E-state index contributed by atoms with van der Waals surface area (Å²) in [5, 5.41) is 16.6. The molecule has 0 radical (unpaired) electrons. The zero-order chi connectivity index (χ0) is 15.3. The first-order valence-electron chi connectivity index (χ1n) is 6.20. The van der Waals surface area contributed by atoms with Gasteiger partial charge in [0.05, 0.1) is 23.6 Å². The minimum absolute atomic E-state index is 0.145. The molecule has 0 heterocycles. The average molecular weight is 281 g/mol. The Morgan fingerprint density at radius 3 is 2.60 bits per heavy atom. The van der Waals surface area contributed by atoms with Crippen LogP contribution in [-0.4, -0.2) is 30.0 Å². The van der Waals surface area contributed by atoms with Crippen LogP contribution in [0.5, 0.6) is 5.75 Å². The summed E-state index contributed by atoms with van der Waals surface area (Å²) in [6.07, 6.45) is 0. The van der Waals surface area contributed by atoms with Crippen molar-refractivity contribution < 1.29 is 14.5 Å². The molecule has 0 spiro atoms. The minimum Gasteiger partial charge on any atom is -0.496 e. The smallest absolute Gasteiger partial charge is 0.296 e. The minimum atomic E-state index is -0.817. The first kappa shape index (κ1) is 15.9. The maximum Gasteiger partial charge on any atom is 0.296 e. The van der Waals surface area contributed by atoms with Crippen molar-refractivity contribution in [2.45, 2.75) is 26.3 Å². The number of ether oxygens (including phenoxy) is 1. The van der Waals surface area contributed by atoms with E-state index < -0.39 is 10.5 Å². The fourth-order valence-electron chi connectivity index (χ4n) is 1.70. The van der Waals surface area contributed by atoms with Crippen molar-refractivity contribution in [1.82, 2.24) is 5.32 Å². The van der Waals surface area contributed by atoms with Crippen molar-refractivity contribution in [3.05, 3.63) is 28.3 Å². The van der Waals surface area contributed by atoms with E-state index in [0.29, 0.717) is 12.3 Å². The number of hydrogen-bond donors (Lipinski definition) is 2. The Balaban J connectivity index is 3.03. The van der Waals surface area contributed by atoms with Crippen LogP contribution in [0.2, 0.25) is 0 Å². The molecule has 1 aromatic carbocycles. The van der Waals surface area contributed by atoms with E-state index in [2.05, 4.69) is 10.6 Å². The Labute approximate surface area is 117 Å². The lowest BCUT2D eigenvalue weighted by molar-refractivity contribution is -0.384. The van der Waals surface area contributed by atoms with Crippen LogP contribution < -0.4 is 15.4 Å². The zero-order valence-corrected chi connectivity index (χ0v) is 12.0. The van der Waals surface area contributed by atoms with Gasteiger partial charge in [0, 0.05) is 0 Å². The van der Waals surface area contributed by atoms with Gasteiger partial charge in [-0.1, -0.05) is 6.92 Å². The van der Waals surface area contributed by atoms with Crippen LogP contribution in [0, 0.1) is 10.1 Å². The molecule has 20 heavy (non-hydrogen) atoms. The fraction of sp³-hybridized carbons (Fsp3) is 0.462. The molecule has 1 aromatic rings. The Kier molecular flexibility index (Phi) is 5.04. The summed E-state index contributed by atoms with van der Waals surface area (Å²) >= 11 is 0. The molecule has 0 aromatic heterocycles. The first-order valence-corrected chi connectivity index (χ1v) is 6.20. The highest BCUT2D eigenvalue weighted by molar-refractivity contribution is 5.99. The van der Waals surface area contributed by atoms with Gasteiger partial charge < -0.3 is 15.4 Å². The van der Waals surface area contributed by atoms with Gasteiger partial charge in [0.2, 0.25) is 5.91 Å². The molecular weight excluding hydrogens is 262 g/mol. The lowest BCUT2D eigenvalue weighted by atomic mass is 10.0. The lowest BCUT2D eigenvalue weighted by Crippen LogP contribution is -2.49. The Hall–Kier alpha value is -2.15. The maximum atomic E-state index is 12.1. The number of nitro groups is 1. The molecule has 1 amide bonds. The van der Waals surface area contributed by atoms with E-state index in [9.17, 15) is 14.9 Å². The highest BCUT2D eigenvalue weighted by Crippen LogP contribution is 2.29. The zero-order valence-electron chi connectivity index (χ0n) is 12.0. The number of carbonyl (C=O) groups is 1. The molecule has 0 unspecified atom stereocenters. The van der Waals surface area contributed by atoms with Crippen molar-refractivity contribution in [3.63, 3.8) is 0 Å². The van der Waals surface area contributed by atoms with Gasteiger partial charge in [-0.05, 0) is 32.5 Å². The number of nitro benzene ring substituents is 1. The molecular formula is C13H19N3O4. The second-order valence-corrected chi connectivity index (χ2v) is 4.75. The van der Waals surface area contributed by atoms with E-state index >= 15 is 0 Å². The van der Waals surface area contributed by atoms with Gasteiger partial charge in [-0.25, -0.2) is 0 Å². The van der Waals surface area contributed by atoms with Crippen molar-refractivity contribution in [2.24, 2.45) is 0 Å². The predicted octanol–water partition coefficient (Wildman–Crippen LogP) is 1.93. The normalized spacial score (nSPS) is 11.0. The van der Waals surface area contributed by atoms with E-state index in [1.54, 1.807) is 19.9 Å². The first-order chi connectivity index (χ1) is 9.31. The number of hydrogen-bond acceptors (Lipinski definition) is 5. The van der Waals surface area contributed by atoms with Crippen LogP contribution in [0.25, 0.3) is 0 Å². The van der Waals surface area contributed by atoms with E-state index in [1.807, 2.05) is 6.92 Å². The summed E-state index contributed by atoms with van der Waals surface area (Å²) in [7, 11) is 1.42. The number of rotatable bonds is 6. The number of methoxy groups -OCH3 is 1. The summed E-state index contributed by atoms with van der Waals surface area (Å²) in [5.41, 5.74) is -0.875. The van der Waals surface area contributed by atoms with Crippen LogP contribution in [0.3, 0.4) is 0 Å². The number of anilines is 1. The van der Waals surface area contributed by atoms with E-state index in [-0.39, 0.29) is 17.3 Å². The van der Waals surface area contributed by atoms with Gasteiger partial charge in [-0.3, -0.25) is 14.9 Å². The highest BCUT2D eigenvalue weighted by Gasteiger charge is 2.28. The molecule has 110 valence electrons. The second-order valence-electron chi connectivity index (χ2n) is 4.75. The third-order valence-corrected chi connectivity index (χ3v) is 2.84. The monoisotopic (exact) mass is 281 g/mol. The van der Waals surface area contributed by atoms with Crippen LogP contribution in [0.15, 0.2) is 18.2 Å². The van der Waals surface area contributed by atoms with Crippen molar-refractivity contribution >= 4 is 17.3 Å². The number of likely N-dealkylation sites (N-methyl/N-ethyl adjacent to an activating group) is 1. The van der Waals surface area contributed by atoms with Gasteiger partial charge in [0.15, 0.2) is 0 Å². The van der Waals surface area contributed by atoms with Crippen LogP contribution >= 0.6 is 0 Å². The highest BCUT2D eigenvalue weighted by atomic mass is 16.6. The standard InChI is InChI=1S/C13H19N3O4/c1-5-14-13(2,3)12(17)15-10-7-6-9(20-4)8-11(10)16(18)19/h6-8,14H,5H2,1-4H3,(H,15,17).